The molecule has 1 saturated heterocycles. The van der Waals surface area contributed by atoms with Crippen molar-refractivity contribution >= 4 is 0 Å². The summed E-state index contributed by atoms with van der Waals surface area (Å²) in [5.41, 5.74) is 8.07. The standard InChI is InChI=1S/C8H15FN4/c9-6-8-2-1-4-13(7-8)5-3-11-12-10/h8H,1-7H2/t8-/m0/s1. The number of piperidine rings is 1. The molecule has 0 amide bonds. The van der Waals surface area contributed by atoms with E-state index in [9.17, 15) is 4.39 Å². The predicted octanol–water partition coefficient (Wildman–Crippen LogP) is 1.98. The van der Waals surface area contributed by atoms with Crippen LogP contribution in [0.2, 0.25) is 0 Å². The number of azide groups is 1. The largest absolute Gasteiger partial charge is 0.303 e. The fourth-order valence-electron chi connectivity index (χ4n) is 1.71. The molecule has 0 spiro atoms. The van der Waals surface area contributed by atoms with Crippen LogP contribution in [0, 0.1) is 5.92 Å². The van der Waals surface area contributed by atoms with Crippen LogP contribution >= 0.6 is 0 Å². The van der Waals surface area contributed by atoms with E-state index < -0.39 is 0 Å². The van der Waals surface area contributed by atoms with Gasteiger partial charge in [-0.3, -0.25) is 4.39 Å². The van der Waals surface area contributed by atoms with E-state index in [1.807, 2.05) is 0 Å². The number of halogens is 1. The third kappa shape index (κ3) is 3.61. The summed E-state index contributed by atoms with van der Waals surface area (Å²) in [4.78, 5) is 4.85. The second kappa shape index (κ2) is 5.78. The monoisotopic (exact) mass is 186 g/mol. The molecule has 4 nitrogen and oxygen atoms in total. The molecule has 1 heterocycles. The Balaban J connectivity index is 2.21. The van der Waals surface area contributed by atoms with Gasteiger partial charge in [0.1, 0.15) is 0 Å². The van der Waals surface area contributed by atoms with Crippen LogP contribution in [0.15, 0.2) is 5.11 Å². The second-order valence-electron chi connectivity index (χ2n) is 3.42. The first-order chi connectivity index (χ1) is 6.36. The highest BCUT2D eigenvalue weighted by Gasteiger charge is 2.18. The maximum absolute atomic E-state index is 12.3. The molecule has 74 valence electrons. The number of nitrogens with zero attached hydrogens (tertiary/aromatic N) is 4. The maximum atomic E-state index is 12.3. The summed E-state index contributed by atoms with van der Waals surface area (Å²) in [5.74, 6) is 0.194. The van der Waals surface area contributed by atoms with E-state index in [0.29, 0.717) is 6.54 Å². The molecule has 5 heteroatoms. The summed E-state index contributed by atoms with van der Waals surface area (Å²) >= 11 is 0. The van der Waals surface area contributed by atoms with Crippen LogP contribution in [-0.4, -0.2) is 37.8 Å². The highest BCUT2D eigenvalue weighted by molar-refractivity contribution is 4.72. The lowest BCUT2D eigenvalue weighted by Crippen LogP contribution is -2.37. The van der Waals surface area contributed by atoms with Crippen LogP contribution in [0.3, 0.4) is 0 Å². The zero-order valence-electron chi connectivity index (χ0n) is 7.69. The second-order valence-corrected chi connectivity index (χ2v) is 3.42. The maximum Gasteiger partial charge on any atom is 0.0934 e. The van der Waals surface area contributed by atoms with Gasteiger partial charge in [0.2, 0.25) is 0 Å². The third-order valence-corrected chi connectivity index (χ3v) is 2.40. The highest BCUT2D eigenvalue weighted by Crippen LogP contribution is 2.16. The van der Waals surface area contributed by atoms with Crippen LogP contribution in [0.5, 0.6) is 0 Å². The molecule has 1 rings (SSSR count). The van der Waals surface area contributed by atoms with Crippen molar-refractivity contribution < 1.29 is 4.39 Å². The van der Waals surface area contributed by atoms with Gasteiger partial charge >= 0.3 is 0 Å². The van der Waals surface area contributed by atoms with Crippen molar-refractivity contribution in [2.75, 3.05) is 32.9 Å². The van der Waals surface area contributed by atoms with E-state index >= 15 is 0 Å². The lowest BCUT2D eigenvalue weighted by atomic mass is 10.00. The Bertz CT molecular complexity index is 191. The highest BCUT2D eigenvalue weighted by atomic mass is 19.1. The third-order valence-electron chi connectivity index (χ3n) is 2.40. The van der Waals surface area contributed by atoms with Crippen molar-refractivity contribution in [3.63, 3.8) is 0 Å². The van der Waals surface area contributed by atoms with Crippen molar-refractivity contribution in [3.8, 4) is 0 Å². The summed E-state index contributed by atoms with van der Waals surface area (Å²) in [5, 5.41) is 3.46. The predicted molar refractivity (Wildman–Crippen MR) is 49.2 cm³/mol. The lowest BCUT2D eigenvalue weighted by Gasteiger charge is -2.30. The Kier molecular flexibility index (Phi) is 4.57. The van der Waals surface area contributed by atoms with E-state index in [2.05, 4.69) is 14.9 Å². The summed E-state index contributed by atoms with van der Waals surface area (Å²) in [6.45, 7) is 2.86. The molecule has 1 fully saturated rings. The van der Waals surface area contributed by atoms with Crippen molar-refractivity contribution in [2.24, 2.45) is 11.0 Å². The molecule has 0 aromatic carbocycles. The molecule has 13 heavy (non-hydrogen) atoms. The minimum Gasteiger partial charge on any atom is -0.303 e. The Morgan fingerprint density at radius 1 is 1.62 bits per heavy atom. The molecule has 0 N–H and O–H groups in total. The normalized spacial score (nSPS) is 23.9. The van der Waals surface area contributed by atoms with Gasteiger partial charge in [0, 0.05) is 30.5 Å². The minimum atomic E-state index is -0.224. The quantitative estimate of drug-likeness (QED) is 0.376. The average Bonchev–Trinajstić information content (AvgIpc) is 2.19. The fourth-order valence-corrected chi connectivity index (χ4v) is 1.71. The Labute approximate surface area is 77.3 Å². The lowest BCUT2D eigenvalue weighted by molar-refractivity contribution is 0.157. The Morgan fingerprint density at radius 3 is 3.15 bits per heavy atom. The van der Waals surface area contributed by atoms with Gasteiger partial charge in [0.05, 0.1) is 6.67 Å². The number of hydrogen-bond donors (Lipinski definition) is 0. The van der Waals surface area contributed by atoms with Gasteiger partial charge in [0.15, 0.2) is 0 Å². The first kappa shape index (κ1) is 10.3. The van der Waals surface area contributed by atoms with Crippen molar-refractivity contribution in [1.29, 1.82) is 0 Å². The molecule has 0 bridgehead atoms. The van der Waals surface area contributed by atoms with E-state index in [1.54, 1.807) is 0 Å². The number of hydrogen-bond acceptors (Lipinski definition) is 2. The van der Waals surface area contributed by atoms with Gasteiger partial charge in [-0.1, -0.05) is 5.11 Å². The van der Waals surface area contributed by atoms with Crippen LogP contribution in [0.25, 0.3) is 10.4 Å². The minimum absolute atomic E-state index is 0.194. The molecular formula is C8H15FN4. The summed E-state index contributed by atoms with van der Waals surface area (Å²) in [6.07, 6.45) is 2.05. The van der Waals surface area contributed by atoms with E-state index in [0.717, 1.165) is 32.5 Å². The van der Waals surface area contributed by atoms with Crippen LogP contribution in [0.1, 0.15) is 12.8 Å². The molecule has 1 atom stereocenters. The van der Waals surface area contributed by atoms with Crippen LogP contribution in [-0.2, 0) is 0 Å². The fraction of sp³-hybridized carbons (Fsp3) is 1.00. The molecular weight excluding hydrogens is 171 g/mol. The van der Waals surface area contributed by atoms with Crippen LogP contribution in [0.4, 0.5) is 4.39 Å². The Hall–Kier alpha value is -0.800. The van der Waals surface area contributed by atoms with Gasteiger partial charge in [-0.15, -0.1) is 0 Å². The zero-order chi connectivity index (χ0) is 9.52. The van der Waals surface area contributed by atoms with Crippen molar-refractivity contribution in [1.82, 2.24) is 4.90 Å². The zero-order valence-corrected chi connectivity index (χ0v) is 7.69. The molecule has 1 aliphatic rings. The first-order valence-electron chi connectivity index (χ1n) is 4.66. The van der Waals surface area contributed by atoms with Gasteiger partial charge in [-0.25, -0.2) is 0 Å². The Morgan fingerprint density at radius 2 is 2.46 bits per heavy atom. The first-order valence-corrected chi connectivity index (χ1v) is 4.66. The molecule has 1 aliphatic heterocycles. The van der Waals surface area contributed by atoms with Gasteiger partial charge < -0.3 is 4.90 Å². The molecule has 0 aliphatic carbocycles. The van der Waals surface area contributed by atoms with E-state index in [-0.39, 0.29) is 12.6 Å². The molecule has 0 aromatic rings. The smallest absolute Gasteiger partial charge is 0.0934 e. The number of alkyl halides is 1. The number of rotatable bonds is 4. The summed E-state index contributed by atoms with van der Waals surface area (Å²) < 4.78 is 12.3. The molecule has 0 aromatic heterocycles. The van der Waals surface area contributed by atoms with Crippen molar-refractivity contribution in [3.05, 3.63) is 10.4 Å². The van der Waals surface area contributed by atoms with Crippen molar-refractivity contribution in [2.45, 2.75) is 12.8 Å². The summed E-state index contributed by atoms with van der Waals surface area (Å²) in [7, 11) is 0. The van der Waals surface area contributed by atoms with Gasteiger partial charge in [0.25, 0.3) is 0 Å². The average molecular weight is 186 g/mol. The summed E-state index contributed by atoms with van der Waals surface area (Å²) in [6, 6.07) is 0. The molecule has 0 saturated carbocycles. The van der Waals surface area contributed by atoms with E-state index in [4.69, 9.17) is 5.53 Å². The van der Waals surface area contributed by atoms with E-state index in [1.165, 1.54) is 0 Å². The molecule has 0 radical (unpaired) electrons. The molecule has 0 unspecified atom stereocenters. The number of likely N-dealkylation sites (tertiary alicyclic amines) is 1. The van der Waals surface area contributed by atoms with Gasteiger partial charge in [-0.05, 0) is 24.9 Å². The van der Waals surface area contributed by atoms with Crippen LogP contribution < -0.4 is 0 Å². The van der Waals surface area contributed by atoms with Gasteiger partial charge in [-0.2, -0.15) is 0 Å². The SMILES string of the molecule is [N-]=[N+]=NCCN1CCC[C@@H](CF)C1. The topological polar surface area (TPSA) is 52.0 Å².